The molecule has 33 heavy (non-hydrogen) atoms. The topological polar surface area (TPSA) is 105 Å². The van der Waals surface area contributed by atoms with Crippen molar-refractivity contribution in [3.8, 4) is 5.75 Å². The van der Waals surface area contributed by atoms with Gasteiger partial charge < -0.3 is 15.0 Å². The van der Waals surface area contributed by atoms with Gasteiger partial charge >= 0.3 is 0 Å². The van der Waals surface area contributed by atoms with Crippen molar-refractivity contribution in [2.75, 3.05) is 33.3 Å². The molecule has 2 amide bonds. The number of likely N-dealkylation sites (tertiary alicyclic amines) is 1. The number of nitrogens with zero attached hydrogens (tertiary/aromatic N) is 1. The minimum absolute atomic E-state index is 0.0642. The van der Waals surface area contributed by atoms with Crippen molar-refractivity contribution in [1.82, 2.24) is 14.9 Å². The lowest BCUT2D eigenvalue weighted by atomic mass is 9.96. The highest BCUT2D eigenvalue weighted by molar-refractivity contribution is 7.89. The maximum atomic E-state index is 12.4. The predicted octanol–water partition coefficient (Wildman–Crippen LogP) is 2.04. The van der Waals surface area contributed by atoms with Crippen LogP contribution < -0.4 is 14.8 Å². The summed E-state index contributed by atoms with van der Waals surface area (Å²) in [6.45, 7) is 1.30. The van der Waals surface area contributed by atoms with E-state index >= 15 is 0 Å². The summed E-state index contributed by atoms with van der Waals surface area (Å²) in [6.07, 6.45) is 4.50. The number of nitrogens with one attached hydrogen (secondary N) is 2. The Bertz CT molecular complexity index is 1060. The van der Waals surface area contributed by atoms with Crippen LogP contribution >= 0.6 is 0 Å². The summed E-state index contributed by atoms with van der Waals surface area (Å²) >= 11 is 0. The van der Waals surface area contributed by atoms with Crippen molar-refractivity contribution in [2.24, 2.45) is 5.92 Å². The van der Waals surface area contributed by atoms with E-state index in [2.05, 4.69) is 10.0 Å². The highest BCUT2D eigenvalue weighted by Gasteiger charge is 2.26. The van der Waals surface area contributed by atoms with Gasteiger partial charge in [0.2, 0.25) is 21.8 Å². The van der Waals surface area contributed by atoms with E-state index in [1.807, 2.05) is 30.3 Å². The molecule has 1 aliphatic rings. The molecule has 0 atom stereocenters. The lowest BCUT2D eigenvalue weighted by molar-refractivity contribution is -0.132. The summed E-state index contributed by atoms with van der Waals surface area (Å²) in [6, 6.07) is 15.7. The third kappa shape index (κ3) is 7.16. The molecule has 1 fully saturated rings. The van der Waals surface area contributed by atoms with Gasteiger partial charge in [0.1, 0.15) is 5.75 Å². The summed E-state index contributed by atoms with van der Waals surface area (Å²) in [5.41, 5.74) is 0.961. The molecule has 0 aromatic heterocycles. The second-order valence-corrected chi connectivity index (χ2v) is 9.47. The van der Waals surface area contributed by atoms with Gasteiger partial charge in [-0.15, -0.1) is 0 Å². The van der Waals surface area contributed by atoms with Gasteiger partial charge in [-0.1, -0.05) is 30.3 Å². The normalized spacial score (nSPS) is 14.9. The van der Waals surface area contributed by atoms with Crippen LogP contribution in [0.25, 0.3) is 6.08 Å². The number of amides is 2. The lowest BCUT2D eigenvalue weighted by Gasteiger charge is -2.30. The quantitative estimate of drug-likeness (QED) is 0.430. The fourth-order valence-corrected chi connectivity index (χ4v) is 4.58. The van der Waals surface area contributed by atoms with Crippen LogP contribution in [-0.4, -0.2) is 58.4 Å². The maximum absolute atomic E-state index is 12.4. The average molecular weight is 472 g/mol. The fourth-order valence-electron chi connectivity index (χ4n) is 3.55. The van der Waals surface area contributed by atoms with Crippen LogP contribution in [0.15, 0.2) is 65.6 Å². The molecule has 8 nitrogen and oxygen atoms in total. The number of hydrogen-bond acceptors (Lipinski definition) is 5. The summed E-state index contributed by atoms with van der Waals surface area (Å²) in [7, 11) is -2.15. The first-order chi connectivity index (χ1) is 15.9. The zero-order valence-electron chi connectivity index (χ0n) is 18.6. The molecule has 2 N–H and O–H groups in total. The number of methoxy groups -OCH3 is 1. The molecule has 2 aromatic rings. The van der Waals surface area contributed by atoms with Crippen LogP contribution in [0.1, 0.15) is 18.4 Å². The van der Waals surface area contributed by atoms with Crippen LogP contribution in [0.2, 0.25) is 0 Å². The predicted molar refractivity (Wildman–Crippen MR) is 126 cm³/mol. The zero-order chi connectivity index (χ0) is 23.7. The first kappa shape index (κ1) is 24.5. The molecule has 2 aromatic carbocycles. The van der Waals surface area contributed by atoms with Gasteiger partial charge in [0.05, 0.1) is 12.0 Å². The van der Waals surface area contributed by atoms with Crippen molar-refractivity contribution >= 4 is 27.9 Å². The Balaban J connectivity index is 1.37. The van der Waals surface area contributed by atoms with Gasteiger partial charge in [-0.25, -0.2) is 13.1 Å². The molecule has 1 aliphatic heterocycles. The van der Waals surface area contributed by atoms with E-state index in [-0.39, 0.29) is 35.7 Å². The molecule has 0 radical (unpaired) electrons. The van der Waals surface area contributed by atoms with Gasteiger partial charge in [0.15, 0.2) is 0 Å². The van der Waals surface area contributed by atoms with Crippen LogP contribution in [0.5, 0.6) is 5.75 Å². The third-order valence-corrected chi connectivity index (χ3v) is 6.96. The number of carbonyl (C=O) groups excluding carboxylic acids is 2. The number of sulfonamides is 1. The van der Waals surface area contributed by atoms with E-state index < -0.39 is 10.0 Å². The van der Waals surface area contributed by atoms with E-state index in [9.17, 15) is 18.0 Å². The number of piperidine rings is 1. The second-order valence-electron chi connectivity index (χ2n) is 7.71. The Morgan fingerprint density at radius 3 is 2.33 bits per heavy atom. The molecular formula is C24H29N3O5S. The number of rotatable bonds is 9. The Morgan fingerprint density at radius 1 is 1.03 bits per heavy atom. The van der Waals surface area contributed by atoms with Gasteiger partial charge in [-0.2, -0.15) is 0 Å². The van der Waals surface area contributed by atoms with E-state index in [1.54, 1.807) is 29.2 Å². The molecule has 1 saturated heterocycles. The number of benzene rings is 2. The Kier molecular flexibility index (Phi) is 8.62. The summed E-state index contributed by atoms with van der Waals surface area (Å²) in [5.74, 6) is 0.197. The smallest absolute Gasteiger partial charge is 0.246 e. The van der Waals surface area contributed by atoms with Crippen LogP contribution in [0.4, 0.5) is 0 Å². The van der Waals surface area contributed by atoms with Crippen LogP contribution in [0.3, 0.4) is 0 Å². The van der Waals surface area contributed by atoms with Crippen LogP contribution in [-0.2, 0) is 19.6 Å². The van der Waals surface area contributed by atoms with Gasteiger partial charge in [0, 0.05) is 38.2 Å². The summed E-state index contributed by atoms with van der Waals surface area (Å²) < 4.78 is 32.1. The maximum Gasteiger partial charge on any atom is 0.246 e. The number of ether oxygens (including phenoxy) is 1. The Hall–Kier alpha value is -3.17. The largest absolute Gasteiger partial charge is 0.497 e. The zero-order valence-corrected chi connectivity index (χ0v) is 19.4. The molecule has 0 saturated carbocycles. The van der Waals surface area contributed by atoms with Crippen molar-refractivity contribution < 1.29 is 22.7 Å². The average Bonchev–Trinajstić information content (AvgIpc) is 2.85. The van der Waals surface area contributed by atoms with Crippen molar-refractivity contribution in [3.05, 3.63) is 66.2 Å². The molecule has 1 heterocycles. The first-order valence-corrected chi connectivity index (χ1v) is 12.3. The molecule has 3 rings (SSSR count). The fraction of sp³-hybridized carbons (Fsp3) is 0.333. The molecular weight excluding hydrogens is 442 g/mol. The number of hydrogen-bond donors (Lipinski definition) is 2. The Labute approximate surface area is 194 Å². The molecule has 0 spiro atoms. The van der Waals surface area contributed by atoms with Crippen LogP contribution in [0, 0.1) is 5.92 Å². The lowest BCUT2D eigenvalue weighted by Crippen LogP contribution is -2.43. The summed E-state index contributed by atoms with van der Waals surface area (Å²) in [4.78, 5) is 26.7. The first-order valence-electron chi connectivity index (χ1n) is 10.8. The van der Waals surface area contributed by atoms with E-state index in [0.717, 1.165) is 5.56 Å². The highest BCUT2D eigenvalue weighted by Crippen LogP contribution is 2.18. The van der Waals surface area contributed by atoms with Gasteiger partial charge in [0.25, 0.3) is 0 Å². The molecule has 176 valence electrons. The highest BCUT2D eigenvalue weighted by atomic mass is 32.2. The molecule has 0 unspecified atom stereocenters. The van der Waals surface area contributed by atoms with E-state index in [0.29, 0.717) is 31.7 Å². The van der Waals surface area contributed by atoms with E-state index in [4.69, 9.17) is 4.74 Å². The third-order valence-electron chi connectivity index (χ3n) is 5.48. The Morgan fingerprint density at radius 2 is 1.70 bits per heavy atom. The monoisotopic (exact) mass is 471 g/mol. The molecule has 0 aliphatic carbocycles. The summed E-state index contributed by atoms with van der Waals surface area (Å²) in [5, 5.41) is 2.78. The van der Waals surface area contributed by atoms with Crippen molar-refractivity contribution in [2.45, 2.75) is 17.7 Å². The molecule has 0 bridgehead atoms. The SMILES string of the molecule is COc1ccc(S(=O)(=O)NCCNC(=O)C2CCN(C(=O)C=Cc3ccccc3)CC2)cc1. The standard InChI is InChI=1S/C24H29N3O5S/c1-32-21-8-10-22(11-9-21)33(30,31)26-16-15-25-24(29)20-13-17-27(18-14-20)23(28)12-7-19-5-3-2-4-6-19/h2-12,20,26H,13-18H2,1H3,(H,25,29). The minimum atomic E-state index is -3.66. The minimum Gasteiger partial charge on any atom is -0.497 e. The number of carbonyl (C=O) groups is 2. The van der Waals surface area contributed by atoms with Gasteiger partial charge in [-0.05, 0) is 48.7 Å². The van der Waals surface area contributed by atoms with Crippen molar-refractivity contribution in [3.63, 3.8) is 0 Å². The van der Waals surface area contributed by atoms with E-state index in [1.165, 1.54) is 19.2 Å². The second kappa shape index (κ2) is 11.6. The van der Waals surface area contributed by atoms with Crippen molar-refractivity contribution in [1.29, 1.82) is 0 Å². The van der Waals surface area contributed by atoms with Gasteiger partial charge in [-0.3, -0.25) is 9.59 Å². The molecule has 9 heteroatoms.